The van der Waals surface area contributed by atoms with Crippen molar-refractivity contribution in [1.82, 2.24) is 9.55 Å². The second-order valence-corrected chi connectivity index (χ2v) is 5.76. The van der Waals surface area contributed by atoms with Gasteiger partial charge in [0.15, 0.2) is 11.5 Å². The Morgan fingerprint density at radius 3 is 2.73 bits per heavy atom. The van der Waals surface area contributed by atoms with Crippen LogP contribution in [-0.2, 0) is 13.0 Å². The second-order valence-electron chi connectivity index (χ2n) is 5.76. The maximum absolute atomic E-state index is 9.14. The van der Waals surface area contributed by atoms with Crippen LogP contribution in [0.25, 0.3) is 11.0 Å². The molecule has 1 aromatic carbocycles. The lowest BCUT2D eigenvalue weighted by atomic mass is 10.2. The van der Waals surface area contributed by atoms with E-state index < -0.39 is 0 Å². The van der Waals surface area contributed by atoms with E-state index in [1.165, 1.54) is 0 Å². The van der Waals surface area contributed by atoms with Gasteiger partial charge in [0.2, 0.25) is 0 Å². The first-order chi connectivity index (χ1) is 10.7. The third-order valence-corrected chi connectivity index (χ3v) is 3.92. The van der Waals surface area contributed by atoms with E-state index in [2.05, 4.69) is 17.6 Å². The summed E-state index contributed by atoms with van der Waals surface area (Å²) >= 11 is 0. The minimum atomic E-state index is -0.0500. The highest BCUT2D eigenvalue weighted by atomic mass is 16.6. The molecule has 2 aromatic rings. The van der Waals surface area contributed by atoms with E-state index in [1.807, 2.05) is 19.1 Å². The van der Waals surface area contributed by atoms with Crippen LogP contribution in [0.4, 0.5) is 0 Å². The molecule has 0 saturated carbocycles. The molecule has 116 valence electrons. The van der Waals surface area contributed by atoms with Gasteiger partial charge in [-0.25, -0.2) is 4.98 Å². The van der Waals surface area contributed by atoms with Crippen LogP contribution >= 0.6 is 0 Å². The Balaban J connectivity index is 2.07. The molecule has 0 N–H and O–H groups in total. The number of rotatable bonds is 5. The molecule has 1 atom stereocenters. The molecule has 0 spiro atoms. The van der Waals surface area contributed by atoms with Crippen molar-refractivity contribution in [2.45, 2.75) is 39.7 Å². The van der Waals surface area contributed by atoms with Crippen molar-refractivity contribution in [3.63, 3.8) is 0 Å². The molecule has 0 fully saturated rings. The van der Waals surface area contributed by atoms with E-state index in [0.29, 0.717) is 19.8 Å². The van der Waals surface area contributed by atoms with Crippen LogP contribution in [-0.4, -0.2) is 22.8 Å². The summed E-state index contributed by atoms with van der Waals surface area (Å²) in [6, 6.07) is 6.26. The Morgan fingerprint density at radius 2 is 2.05 bits per heavy atom. The molecule has 1 aliphatic rings. The largest absolute Gasteiger partial charge is 0.486 e. The minimum absolute atomic E-state index is 0.0500. The molecule has 1 aliphatic heterocycles. The van der Waals surface area contributed by atoms with Gasteiger partial charge in [-0.2, -0.15) is 5.26 Å². The summed E-state index contributed by atoms with van der Waals surface area (Å²) in [4.78, 5) is 4.76. The van der Waals surface area contributed by atoms with Crippen LogP contribution in [0, 0.1) is 17.2 Å². The fraction of sp³-hybridized carbons (Fsp3) is 0.529. The van der Waals surface area contributed by atoms with Crippen molar-refractivity contribution in [1.29, 1.82) is 5.26 Å². The molecule has 5 heteroatoms. The summed E-state index contributed by atoms with van der Waals surface area (Å²) in [5.74, 6) is 2.53. The van der Waals surface area contributed by atoms with Gasteiger partial charge in [-0.3, -0.25) is 0 Å². The first kappa shape index (κ1) is 14.7. The molecule has 1 unspecified atom stereocenters. The normalized spacial score (nSPS) is 14.8. The van der Waals surface area contributed by atoms with E-state index in [0.717, 1.165) is 47.6 Å². The Morgan fingerprint density at radius 1 is 1.32 bits per heavy atom. The molecule has 3 rings (SSSR count). The van der Waals surface area contributed by atoms with Gasteiger partial charge in [-0.15, -0.1) is 0 Å². The molecular formula is C17H21N3O2. The molecule has 2 heterocycles. The highest BCUT2D eigenvalue weighted by Gasteiger charge is 2.18. The number of imidazole rings is 1. The van der Waals surface area contributed by atoms with Gasteiger partial charge in [0.05, 0.1) is 23.0 Å². The standard InChI is InChI=1S/C17H21N3O2/c1-3-4-5-17-19-13-8-15-16(22-7-6-21-15)9-14(13)20(17)11-12(2)10-18/h8-9,12H,3-7,11H2,1-2H3. The molecule has 0 saturated heterocycles. The third-order valence-electron chi connectivity index (χ3n) is 3.92. The zero-order valence-corrected chi connectivity index (χ0v) is 13.1. The van der Waals surface area contributed by atoms with E-state index in [-0.39, 0.29) is 5.92 Å². The lowest BCUT2D eigenvalue weighted by molar-refractivity contribution is 0.172. The van der Waals surface area contributed by atoms with Gasteiger partial charge in [0, 0.05) is 25.1 Å². The molecule has 0 radical (unpaired) electrons. The summed E-state index contributed by atoms with van der Waals surface area (Å²) in [7, 11) is 0. The van der Waals surface area contributed by atoms with E-state index >= 15 is 0 Å². The van der Waals surface area contributed by atoms with E-state index in [1.54, 1.807) is 0 Å². The van der Waals surface area contributed by atoms with Crippen molar-refractivity contribution >= 4 is 11.0 Å². The summed E-state index contributed by atoms with van der Waals surface area (Å²) in [6.45, 7) is 5.92. The van der Waals surface area contributed by atoms with Crippen LogP contribution < -0.4 is 9.47 Å². The highest BCUT2D eigenvalue weighted by molar-refractivity contribution is 5.80. The quantitative estimate of drug-likeness (QED) is 0.850. The fourth-order valence-electron chi connectivity index (χ4n) is 2.76. The smallest absolute Gasteiger partial charge is 0.163 e. The zero-order valence-electron chi connectivity index (χ0n) is 13.1. The maximum atomic E-state index is 9.14. The van der Waals surface area contributed by atoms with Crippen molar-refractivity contribution in [2.24, 2.45) is 5.92 Å². The topological polar surface area (TPSA) is 60.1 Å². The summed E-state index contributed by atoms with van der Waals surface area (Å²) in [6.07, 6.45) is 3.15. The Labute approximate surface area is 130 Å². The summed E-state index contributed by atoms with van der Waals surface area (Å²) in [5.41, 5.74) is 1.94. The van der Waals surface area contributed by atoms with Gasteiger partial charge < -0.3 is 14.0 Å². The van der Waals surface area contributed by atoms with Crippen LogP contribution in [0.5, 0.6) is 11.5 Å². The SMILES string of the molecule is CCCCc1nc2cc3c(cc2n1CC(C)C#N)OCCO3. The van der Waals surface area contributed by atoms with Gasteiger partial charge in [-0.05, 0) is 13.3 Å². The van der Waals surface area contributed by atoms with Crippen molar-refractivity contribution < 1.29 is 9.47 Å². The lowest BCUT2D eigenvalue weighted by Crippen LogP contribution is -2.15. The van der Waals surface area contributed by atoms with Crippen molar-refractivity contribution in [3.8, 4) is 17.6 Å². The van der Waals surface area contributed by atoms with E-state index in [9.17, 15) is 0 Å². The Bertz CT molecular complexity index is 715. The van der Waals surface area contributed by atoms with Gasteiger partial charge in [0.1, 0.15) is 19.0 Å². The van der Waals surface area contributed by atoms with Crippen LogP contribution in [0.3, 0.4) is 0 Å². The van der Waals surface area contributed by atoms with E-state index in [4.69, 9.17) is 19.7 Å². The number of hydrogen-bond donors (Lipinski definition) is 0. The molecular weight excluding hydrogens is 278 g/mol. The Hall–Kier alpha value is -2.22. The molecule has 0 bridgehead atoms. The first-order valence-corrected chi connectivity index (χ1v) is 7.91. The molecule has 0 amide bonds. The first-order valence-electron chi connectivity index (χ1n) is 7.91. The van der Waals surface area contributed by atoms with Crippen molar-refractivity contribution in [2.75, 3.05) is 13.2 Å². The number of nitriles is 1. The summed E-state index contributed by atoms with van der Waals surface area (Å²) in [5, 5.41) is 9.14. The van der Waals surface area contributed by atoms with Crippen molar-refractivity contribution in [3.05, 3.63) is 18.0 Å². The number of ether oxygens (including phenoxy) is 2. The van der Waals surface area contributed by atoms with Gasteiger partial charge in [-0.1, -0.05) is 13.3 Å². The predicted octanol–water partition coefficient (Wildman–Crippen LogP) is 3.31. The van der Waals surface area contributed by atoms with Gasteiger partial charge in [0.25, 0.3) is 0 Å². The number of aryl methyl sites for hydroxylation is 1. The number of unbranched alkanes of at least 4 members (excludes halogenated alkanes) is 1. The number of nitrogens with zero attached hydrogens (tertiary/aromatic N) is 3. The van der Waals surface area contributed by atoms with Crippen LogP contribution in [0.2, 0.25) is 0 Å². The summed E-state index contributed by atoms with van der Waals surface area (Å²) < 4.78 is 13.5. The average molecular weight is 299 g/mol. The fourth-order valence-corrected chi connectivity index (χ4v) is 2.76. The van der Waals surface area contributed by atoms with Crippen LogP contribution in [0.1, 0.15) is 32.5 Å². The average Bonchev–Trinajstić information content (AvgIpc) is 2.87. The Kier molecular flexibility index (Phi) is 4.19. The molecule has 22 heavy (non-hydrogen) atoms. The monoisotopic (exact) mass is 299 g/mol. The minimum Gasteiger partial charge on any atom is -0.486 e. The predicted molar refractivity (Wildman–Crippen MR) is 84.1 cm³/mol. The third kappa shape index (κ3) is 2.74. The maximum Gasteiger partial charge on any atom is 0.163 e. The lowest BCUT2D eigenvalue weighted by Gasteiger charge is -2.18. The molecule has 0 aliphatic carbocycles. The molecule has 5 nitrogen and oxygen atoms in total. The zero-order chi connectivity index (χ0) is 15.5. The second kappa shape index (κ2) is 6.27. The number of hydrogen-bond acceptors (Lipinski definition) is 4. The number of aromatic nitrogens is 2. The molecule has 1 aromatic heterocycles. The number of benzene rings is 1. The highest BCUT2D eigenvalue weighted by Crippen LogP contribution is 2.35. The van der Waals surface area contributed by atoms with Gasteiger partial charge >= 0.3 is 0 Å². The number of fused-ring (bicyclic) bond motifs is 2. The van der Waals surface area contributed by atoms with Crippen LogP contribution in [0.15, 0.2) is 12.1 Å².